The number of aromatic nitrogens is 2. The highest BCUT2D eigenvalue weighted by Crippen LogP contribution is 2.46. The van der Waals surface area contributed by atoms with Gasteiger partial charge in [-0.05, 0) is 97.4 Å². The molecule has 0 radical (unpaired) electrons. The Kier molecular flexibility index (Phi) is 3.47. The number of benzene rings is 8. The summed E-state index contributed by atoms with van der Waals surface area (Å²) in [6.45, 7) is 0. The van der Waals surface area contributed by atoms with Gasteiger partial charge in [-0.3, -0.25) is 4.57 Å². The van der Waals surface area contributed by atoms with E-state index in [-0.39, 0.29) is 66.3 Å². The molecular weight excluding hydrogens is 569 g/mol. The van der Waals surface area contributed by atoms with E-state index >= 15 is 0 Å². The molecule has 0 saturated carbocycles. The van der Waals surface area contributed by atoms with Crippen molar-refractivity contribution < 1.29 is 24.7 Å². The van der Waals surface area contributed by atoms with Crippen LogP contribution in [0.1, 0.15) is 24.7 Å². The van der Waals surface area contributed by atoms with Crippen molar-refractivity contribution in [2.24, 2.45) is 0 Å². The minimum Gasteiger partial charge on any atom is -0.292 e. The van der Waals surface area contributed by atoms with Gasteiger partial charge in [-0.25, -0.2) is 4.98 Å². The number of imidazole rings is 1. The largest absolute Gasteiger partial charge is 0.292 e. The highest BCUT2D eigenvalue weighted by molar-refractivity contribution is 6.21. The third-order valence-corrected chi connectivity index (χ3v) is 7.97. The SMILES string of the molecule is [2H]c1c([2H])c([2H])c(-c2cc(-c3c([2H])c([2H])c([2H])c([2H])c3[2H])cc(-c3c4c([2H])c([2H])c([2H])c([2H])c4c(-c4nc5ccccc5n4-c4ccccc4)c4c([2H])c([2H])c([2H])c([2H])c34)c2)c([2H])c1[2H]. The minimum atomic E-state index is -0.709. The topological polar surface area (TPSA) is 17.8 Å². The van der Waals surface area contributed by atoms with Crippen LogP contribution >= 0.6 is 0 Å². The van der Waals surface area contributed by atoms with Gasteiger partial charge in [0.25, 0.3) is 0 Å². The zero-order valence-corrected chi connectivity index (χ0v) is 24.3. The number of hydrogen-bond acceptors (Lipinski definition) is 1. The van der Waals surface area contributed by atoms with Crippen molar-refractivity contribution in [1.29, 1.82) is 0 Å². The van der Waals surface area contributed by atoms with Crippen LogP contribution in [0, 0.1) is 0 Å². The molecule has 0 saturated heterocycles. The summed E-state index contributed by atoms with van der Waals surface area (Å²) in [6.07, 6.45) is 0. The van der Waals surface area contributed by atoms with E-state index < -0.39 is 109 Å². The van der Waals surface area contributed by atoms with E-state index in [0.717, 1.165) is 0 Å². The molecule has 9 aromatic rings. The van der Waals surface area contributed by atoms with Crippen molar-refractivity contribution in [1.82, 2.24) is 9.55 Å². The molecule has 0 N–H and O–H groups in total. The quantitative estimate of drug-likeness (QED) is 0.176. The van der Waals surface area contributed by atoms with Crippen LogP contribution in [0.3, 0.4) is 0 Å². The predicted octanol–water partition coefficient (Wildman–Crippen LogP) is 12.0. The van der Waals surface area contributed by atoms with E-state index in [2.05, 4.69) is 0 Å². The standard InChI is InChI=1S/C45H30N2/c1-4-16-31(17-5-1)33-28-34(32-18-6-2-7-19-32)30-35(29-33)43-37-22-10-12-24-39(37)44(40-25-13-11-23-38(40)43)45-46-41-26-14-15-27-42(41)47(45)36-20-8-3-9-21-36/h1-30H/i1D,2D,4D,5D,6D,7D,10D,11D,12D,13D,16D,17D,18D,19D,22D,23D,24D,25D. The van der Waals surface area contributed by atoms with E-state index in [4.69, 9.17) is 24.2 Å². The van der Waals surface area contributed by atoms with Crippen LogP contribution in [0.25, 0.3) is 83.0 Å². The third kappa shape index (κ3) is 4.62. The zero-order chi connectivity index (χ0) is 46.8. The first-order chi connectivity index (χ1) is 30.8. The Morgan fingerprint density at radius 3 is 1.47 bits per heavy atom. The van der Waals surface area contributed by atoms with Crippen molar-refractivity contribution in [2.45, 2.75) is 0 Å². The summed E-state index contributed by atoms with van der Waals surface area (Å²) in [5.74, 6) is 0.0710. The van der Waals surface area contributed by atoms with Crippen LogP contribution in [0.2, 0.25) is 0 Å². The molecule has 1 heterocycles. The molecule has 0 aliphatic heterocycles. The maximum absolute atomic E-state index is 9.56. The lowest BCUT2D eigenvalue weighted by Crippen LogP contribution is -1.99. The van der Waals surface area contributed by atoms with Crippen molar-refractivity contribution in [3.8, 4) is 50.5 Å². The van der Waals surface area contributed by atoms with Crippen LogP contribution in [0.15, 0.2) is 182 Å². The average Bonchev–Trinajstić information content (AvgIpc) is 3.70. The summed E-state index contributed by atoms with van der Waals surface area (Å²) >= 11 is 0. The maximum atomic E-state index is 9.56. The average molecular weight is 617 g/mol. The second-order valence-corrected chi connectivity index (χ2v) is 10.6. The lowest BCUT2D eigenvalue weighted by molar-refractivity contribution is 1.11. The molecule has 0 atom stereocenters. The van der Waals surface area contributed by atoms with Crippen molar-refractivity contribution in [3.63, 3.8) is 0 Å². The molecule has 1 aromatic heterocycles. The van der Waals surface area contributed by atoms with Crippen molar-refractivity contribution >= 4 is 32.6 Å². The molecule has 0 aliphatic rings. The molecule has 0 bridgehead atoms. The predicted molar refractivity (Wildman–Crippen MR) is 198 cm³/mol. The summed E-state index contributed by atoms with van der Waals surface area (Å²) in [6, 6.07) is 7.80. The van der Waals surface area contributed by atoms with E-state index in [9.17, 15) is 5.48 Å². The minimum absolute atomic E-state index is 0.0644. The fourth-order valence-electron chi connectivity index (χ4n) is 6.02. The molecule has 2 heteroatoms. The first-order valence-corrected chi connectivity index (χ1v) is 14.6. The molecule has 47 heavy (non-hydrogen) atoms. The highest BCUT2D eigenvalue weighted by Gasteiger charge is 2.22. The first kappa shape index (κ1) is 14.5. The molecule has 0 fully saturated rings. The monoisotopic (exact) mass is 616 g/mol. The summed E-state index contributed by atoms with van der Waals surface area (Å²) < 4.78 is 162. The molecule has 2 nitrogen and oxygen atoms in total. The molecule has 9 rings (SSSR count). The lowest BCUT2D eigenvalue weighted by atomic mass is 9.86. The Labute approximate surface area is 299 Å². The van der Waals surface area contributed by atoms with Gasteiger partial charge in [-0.15, -0.1) is 0 Å². The van der Waals surface area contributed by atoms with E-state index in [1.165, 1.54) is 18.2 Å². The third-order valence-electron chi connectivity index (χ3n) is 7.97. The second-order valence-electron chi connectivity index (χ2n) is 10.6. The number of rotatable bonds is 5. The summed E-state index contributed by atoms with van der Waals surface area (Å²) in [4.78, 5) is 4.97. The van der Waals surface area contributed by atoms with Crippen molar-refractivity contribution in [3.05, 3.63) is 182 Å². The van der Waals surface area contributed by atoms with Crippen LogP contribution in [-0.4, -0.2) is 9.55 Å². The normalized spacial score (nSPS) is 16.8. The van der Waals surface area contributed by atoms with E-state index in [1.807, 2.05) is 0 Å². The Morgan fingerprint density at radius 2 is 0.894 bits per heavy atom. The van der Waals surface area contributed by atoms with Gasteiger partial charge in [-0.2, -0.15) is 0 Å². The fraction of sp³-hybridized carbons (Fsp3) is 0. The van der Waals surface area contributed by atoms with Gasteiger partial charge in [0.15, 0.2) is 0 Å². The Balaban J connectivity index is 1.58. The molecular formula is C45H30N2. The lowest BCUT2D eigenvalue weighted by Gasteiger charge is -2.19. The van der Waals surface area contributed by atoms with Gasteiger partial charge in [0.05, 0.1) is 35.7 Å². The maximum Gasteiger partial charge on any atom is 0.146 e. The number of nitrogens with zero attached hydrogens (tertiary/aromatic N) is 2. The van der Waals surface area contributed by atoms with Crippen LogP contribution in [0.4, 0.5) is 0 Å². The summed E-state index contributed by atoms with van der Waals surface area (Å²) in [5.41, 5.74) is 0.200. The number of hydrogen-bond donors (Lipinski definition) is 0. The van der Waals surface area contributed by atoms with E-state index in [0.29, 0.717) is 16.7 Å². The highest BCUT2D eigenvalue weighted by atomic mass is 15.1. The second kappa shape index (κ2) is 11.3. The van der Waals surface area contributed by atoms with Gasteiger partial charge in [-0.1, -0.05) is 139 Å². The molecule has 0 spiro atoms. The zero-order valence-electron chi connectivity index (χ0n) is 42.3. The molecule has 0 amide bonds. The van der Waals surface area contributed by atoms with Gasteiger partial charge >= 0.3 is 0 Å². The molecule has 0 unspecified atom stereocenters. The van der Waals surface area contributed by atoms with Gasteiger partial charge in [0.2, 0.25) is 0 Å². The Hall–Kier alpha value is -6.25. The van der Waals surface area contributed by atoms with E-state index in [1.54, 1.807) is 59.2 Å². The Bertz CT molecular complexity index is 3360. The van der Waals surface area contributed by atoms with Crippen LogP contribution < -0.4 is 0 Å². The molecule has 0 aliphatic carbocycles. The molecule has 8 aromatic carbocycles. The Morgan fingerprint density at radius 1 is 0.426 bits per heavy atom. The molecule has 220 valence electrons. The van der Waals surface area contributed by atoms with Crippen molar-refractivity contribution in [2.75, 3.05) is 0 Å². The fourth-order valence-corrected chi connectivity index (χ4v) is 6.02. The number of para-hydroxylation sites is 3. The van der Waals surface area contributed by atoms with Gasteiger partial charge in [0.1, 0.15) is 5.82 Å². The summed E-state index contributed by atoms with van der Waals surface area (Å²) in [5, 5.41) is -0.900. The number of fused-ring (bicyclic) bond motifs is 3. The van der Waals surface area contributed by atoms with Crippen LogP contribution in [-0.2, 0) is 0 Å². The summed E-state index contributed by atoms with van der Waals surface area (Å²) in [7, 11) is 0. The van der Waals surface area contributed by atoms with Gasteiger partial charge in [0, 0.05) is 11.3 Å². The van der Waals surface area contributed by atoms with Gasteiger partial charge < -0.3 is 0 Å². The smallest absolute Gasteiger partial charge is 0.146 e. The first-order valence-electron chi connectivity index (χ1n) is 23.6. The van der Waals surface area contributed by atoms with Crippen LogP contribution in [0.5, 0.6) is 0 Å².